The summed E-state index contributed by atoms with van der Waals surface area (Å²) in [5.74, 6) is 0.886. The SMILES string of the molecule is NCc1nc2ccc(NC3CC3)nn2c1Br. The molecule has 0 atom stereocenters. The van der Waals surface area contributed by atoms with E-state index < -0.39 is 0 Å². The van der Waals surface area contributed by atoms with Crippen LogP contribution in [0.5, 0.6) is 0 Å². The minimum atomic E-state index is 0.412. The Kier molecular flexibility index (Phi) is 2.33. The van der Waals surface area contributed by atoms with Crippen LogP contribution in [0.15, 0.2) is 16.7 Å². The van der Waals surface area contributed by atoms with Crippen LogP contribution in [-0.2, 0) is 6.54 Å². The van der Waals surface area contributed by atoms with Gasteiger partial charge in [0.2, 0.25) is 0 Å². The Hall–Kier alpha value is -1.14. The van der Waals surface area contributed by atoms with E-state index in [1.165, 1.54) is 12.8 Å². The minimum absolute atomic E-state index is 0.412. The van der Waals surface area contributed by atoms with Gasteiger partial charge in [-0.1, -0.05) is 0 Å². The fourth-order valence-electron chi connectivity index (χ4n) is 1.60. The van der Waals surface area contributed by atoms with Gasteiger partial charge in [-0.05, 0) is 40.9 Å². The first-order valence-corrected chi connectivity index (χ1v) is 6.08. The molecule has 0 aromatic carbocycles. The summed E-state index contributed by atoms with van der Waals surface area (Å²) in [6, 6.07) is 4.50. The van der Waals surface area contributed by atoms with Crippen molar-refractivity contribution >= 4 is 27.4 Å². The molecular weight excluding hydrogens is 270 g/mol. The molecule has 0 aliphatic heterocycles. The van der Waals surface area contributed by atoms with Gasteiger partial charge in [0.15, 0.2) is 5.65 Å². The van der Waals surface area contributed by atoms with Crippen LogP contribution in [0.4, 0.5) is 5.82 Å². The molecule has 0 radical (unpaired) electrons. The monoisotopic (exact) mass is 281 g/mol. The van der Waals surface area contributed by atoms with Crippen molar-refractivity contribution in [1.29, 1.82) is 0 Å². The first-order valence-electron chi connectivity index (χ1n) is 5.28. The van der Waals surface area contributed by atoms with Crippen molar-refractivity contribution in [3.8, 4) is 0 Å². The molecule has 0 unspecified atom stereocenters. The average Bonchev–Trinajstić information content (AvgIpc) is 3.04. The molecule has 1 fully saturated rings. The third-order valence-electron chi connectivity index (χ3n) is 2.61. The van der Waals surface area contributed by atoms with Crippen molar-refractivity contribution < 1.29 is 0 Å². The summed E-state index contributed by atoms with van der Waals surface area (Å²) in [5.41, 5.74) is 7.24. The Balaban J connectivity index is 2.04. The van der Waals surface area contributed by atoms with Crippen LogP contribution in [-0.4, -0.2) is 20.6 Å². The highest BCUT2D eigenvalue weighted by Gasteiger charge is 2.21. The number of halogens is 1. The number of nitrogens with two attached hydrogens (primary N) is 1. The lowest BCUT2D eigenvalue weighted by atomic mass is 10.5. The standard InChI is InChI=1S/C10H12BrN5/c11-10-7(5-12)14-9-4-3-8(15-16(9)10)13-6-1-2-6/h3-4,6H,1-2,5,12H2,(H,13,15). The van der Waals surface area contributed by atoms with E-state index in [-0.39, 0.29) is 0 Å². The summed E-state index contributed by atoms with van der Waals surface area (Å²) in [6.45, 7) is 0.412. The van der Waals surface area contributed by atoms with Crippen LogP contribution in [0.25, 0.3) is 5.65 Å². The van der Waals surface area contributed by atoms with Crippen LogP contribution in [0.3, 0.4) is 0 Å². The van der Waals surface area contributed by atoms with Crippen LogP contribution < -0.4 is 11.1 Å². The van der Waals surface area contributed by atoms with Crippen molar-refractivity contribution in [3.63, 3.8) is 0 Å². The van der Waals surface area contributed by atoms with E-state index in [1.54, 1.807) is 4.52 Å². The van der Waals surface area contributed by atoms with Gasteiger partial charge < -0.3 is 11.1 Å². The second-order valence-corrected chi connectivity index (χ2v) is 4.71. The molecule has 2 aromatic heterocycles. The van der Waals surface area contributed by atoms with Gasteiger partial charge in [-0.3, -0.25) is 0 Å². The van der Waals surface area contributed by atoms with Gasteiger partial charge in [0, 0.05) is 12.6 Å². The Morgan fingerprint density at radius 3 is 3.00 bits per heavy atom. The van der Waals surface area contributed by atoms with E-state index in [4.69, 9.17) is 5.73 Å². The second-order valence-electron chi connectivity index (χ2n) is 3.96. The quantitative estimate of drug-likeness (QED) is 0.895. The third kappa shape index (κ3) is 1.68. The lowest BCUT2D eigenvalue weighted by molar-refractivity contribution is 0.896. The molecule has 3 N–H and O–H groups in total. The summed E-state index contributed by atoms with van der Waals surface area (Å²) < 4.78 is 2.61. The summed E-state index contributed by atoms with van der Waals surface area (Å²) in [7, 11) is 0. The number of nitrogens with one attached hydrogen (secondary N) is 1. The van der Waals surface area contributed by atoms with Gasteiger partial charge in [-0.2, -0.15) is 0 Å². The highest BCUT2D eigenvalue weighted by molar-refractivity contribution is 9.10. The van der Waals surface area contributed by atoms with Gasteiger partial charge in [0.05, 0.1) is 5.69 Å². The van der Waals surface area contributed by atoms with E-state index in [9.17, 15) is 0 Å². The maximum atomic E-state index is 5.59. The molecule has 0 amide bonds. The van der Waals surface area contributed by atoms with Gasteiger partial charge in [0.1, 0.15) is 10.4 Å². The van der Waals surface area contributed by atoms with E-state index in [0.717, 1.165) is 21.8 Å². The highest BCUT2D eigenvalue weighted by atomic mass is 79.9. The number of anilines is 1. The number of hydrogen-bond acceptors (Lipinski definition) is 4. The smallest absolute Gasteiger partial charge is 0.155 e. The van der Waals surface area contributed by atoms with E-state index in [1.807, 2.05) is 12.1 Å². The van der Waals surface area contributed by atoms with Gasteiger partial charge >= 0.3 is 0 Å². The van der Waals surface area contributed by atoms with E-state index in [0.29, 0.717) is 12.6 Å². The first kappa shape index (κ1) is 10.0. The fraction of sp³-hybridized carbons (Fsp3) is 0.400. The maximum absolute atomic E-state index is 5.59. The number of hydrogen-bond donors (Lipinski definition) is 2. The lowest BCUT2D eigenvalue weighted by Crippen LogP contribution is -2.05. The minimum Gasteiger partial charge on any atom is -0.366 e. The normalized spacial score (nSPS) is 15.6. The third-order valence-corrected chi connectivity index (χ3v) is 3.40. The van der Waals surface area contributed by atoms with Crippen LogP contribution >= 0.6 is 15.9 Å². The molecule has 2 heterocycles. The predicted molar refractivity (Wildman–Crippen MR) is 65.2 cm³/mol. The molecule has 5 nitrogen and oxygen atoms in total. The molecule has 16 heavy (non-hydrogen) atoms. The summed E-state index contributed by atoms with van der Waals surface area (Å²) in [6.07, 6.45) is 2.47. The van der Waals surface area contributed by atoms with Gasteiger partial charge in [-0.15, -0.1) is 5.10 Å². The fourth-order valence-corrected chi connectivity index (χ4v) is 2.11. The van der Waals surface area contributed by atoms with Gasteiger partial charge in [-0.25, -0.2) is 9.50 Å². The Morgan fingerprint density at radius 2 is 2.31 bits per heavy atom. The Morgan fingerprint density at radius 1 is 1.50 bits per heavy atom. The topological polar surface area (TPSA) is 68.2 Å². The molecule has 2 aromatic rings. The average molecular weight is 282 g/mol. The first-order chi connectivity index (χ1) is 7.78. The molecular formula is C10H12BrN5. The number of aromatic nitrogens is 3. The highest BCUT2D eigenvalue weighted by Crippen LogP contribution is 2.24. The number of nitrogens with zero attached hydrogens (tertiary/aromatic N) is 3. The molecule has 3 rings (SSSR count). The lowest BCUT2D eigenvalue weighted by Gasteiger charge is -2.03. The van der Waals surface area contributed by atoms with E-state index in [2.05, 4.69) is 31.3 Å². The second kappa shape index (κ2) is 3.71. The summed E-state index contributed by atoms with van der Waals surface area (Å²) >= 11 is 3.46. The molecule has 0 saturated heterocycles. The summed E-state index contributed by atoms with van der Waals surface area (Å²) in [4.78, 5) is 4.37. The summed E-state index contributed by atoms with van der Waals surface area (Å²) in [5, 5.41) is 7.81. The van der Waals surface area contributed by atoms with Crippen molar-refractivity contribution in [2.24, 2.45) is 5.73 Å². The van der Waals surface area contributed by atoms with Crippen molar-refractivity contribution in [1.82, 2.24) is 14.6 Å². The van der Waals surface area contributed by atoms with Crippen molar-refractivity contribution in [3.05, 3.63) is 22.4 Å². The zero-order valence-corrected chi connectivity index (χ0v) is 10.2. The Bertz CT molecular complexity index is 531. The molecule has 6 heteroatoms. The van der Waals surface area contributed by atoms with E-state index >= 15 is 0 Å². The zero-order valence-electron chi connectivity index (χ0n) is 8.65. The number of rotatable bonds is 3. The van der Waals surface area contributed by atoms with Crippen molar-refractivity contribution in [2.75, 3.05) is 5.32 Å². The molecule has 84 valence electrons. The van der Waals surface area contributed by atoms with Crippen LogP contribution in [0.1, 0.15) is 18.5 Å². The van der Waals surface area contributed by atoms with Gasteiger partial charge in [0.25, 0.3) is 0 Å². The molecule has 1 aliphatic carbocycles. The number of fused-ring (bicyclic) bond motifs is 1. The molecule has 1 saturated carbocycles. The van der Waals surface area contributed by atoms with Crippen LogP contribution in [0.2, 0.25) is 0 Å². The molecule has 0 spiro atoms. The zero-order chi connectivity index (χ0) is 11.1. The number of imidazole rings is 1. The predicted octanol–water partition coefficient (Wildman–Crippen LogP) is 1.52. The molecule has 0 bridgehead atoms. The van der Waals surface area contributed by atoms with Crippen molar-refractivity contribution in [2.45, 2.75) is 25.4 Å². The van der Waals surface area contributed by atoms with Crippen LogP contribution in [0, 0.1) is 0 Å². The Labute approximate surface area is 101 Å². The maximum Gasteiger partial charge on any atom is 0.155 e. The molecule has 1 aliphatic rings. The largest absolute Gasteiger partial charge is 0.366 e.